The minimum atomic E-state index is -1.19. The maximum atomic E-state index is 12.9. The smallest absolute Gasteiger partial charge is 0.404 e. The highest BCUT2D eigenvalue weighted by Gasteiger charge is 2.48. The molecular formula is C17H21N5O5S. The van der Waals surface area contributed by atoms with Crippen molar-refractivity contribution >= 4 is 34.9 Å². The number of likely N-dealkylation sites (N-methyl/N-ethyl adjacent to an activating group) is 1. The second kappa shape index (κ2) is 8.40. The zero-order valence-electron chi connectivity index (χ0n) is 15.3. The van der Waals surface area contributed by atoms with Crippen molar-refractivity contribution in [3.63, 3.8) is 0 Å². The number of hydrogen-bond donors (Lipinski definition) is 2. The highest BCUT2D eigenvalue weighted by Crippen LogP contribution is 2.36. The van der Waals surface area contributed by atoms with E-state index in [0.717, 1.165) is 5.57 Å². The lowest BCUT2D eigenvalue weighted by molar-refractivity contribution is -0.133. The Balaban J connectivity index is 1.85. The molecule has 0 saturated carbocycles. The molecule has 150 valence electrons. The van der Waals surface area contributed by atoms with E-state index in [1.54, 1.807) is 24.2 Å². The molecule has 0 spiro atoms. The molecule has 3 rings (SSSR count). The number of amides is 4. The van der Waals surface area contributed by atoms with Gasteiger partial charge in [0, 0.05) is 37.2 Å². The van der Waals surface area contributed by atoms with Crippen molar-refractivity contribution in [3.05, 3.63) is 35.3 Å². The van der Waals surface area contributed by atoms with Crippen molar-refractivity contribution in [1.82, 2.24) is 25.2 Å². The summed E-state index contributed by atoms with van der Waals surface area (Å²) in [6, 6.07) is -0.636. The summed E-state index contributed by atoms with van der Waals surface area (Å²) in [4.78, 5) is 48.9. The van der Waals surface area contributed by atoms with Crippen molar-refractivity contribution in [1.29, 1.82) is 0 Å². The molecule has 0 aromatic carbocycles. The van der Waals surface area contributed by atoms with Gasteiger partial charge in [-0.15, -0.1) is 17.9 Å². The largest absolute Gasteiger partial charge is 0.465 e. The summed E-state index contributed by atoms with van der Waals surface area (Å²) in [7, 11) is 1.59. The lowest BCUT2D eigenvalue weighted by Crippen LogP contribution is -2.52. The molecule has 11 heteroatoms. The predicted octanol–water partition coefficient (Wildman–Crippen LogP) is 1.21. The van der Waals surface area contributed by atoms with Gasteiger partial charge in [-0.25, -0.2) is 14.6 Å². The summed E-state index contributed by atoms with van der Waals surface area (Å²) >= 11 is 1.42. The molecule has 1 fully saturated rings. The van der Waals surface area contributed by atoms with Crippen LogP contribution in [0, 0.1) is 0 Å². The van der Waals surface area contributed by atoms with Crippen LogP contribution < -0.4 is 5.32 Å². The highest BCUT2D eigenvalue weighted by molar-refractivity contribution is 7.10. The SMILES string of the molecule is C=CCON1C(=O)N2C[C@H]1C=C(c1nccs1)[C@H]2N(C)C(=O)CCNC(=O)O. The van der Waals surface area contributed by atoms with Crippen molar-refractivity contribution < 1.29 is 24.3 Å². The third-order valence-electron chi connectivity index (χ3n) is 4.45. The fraction of sp³-hybridized carbons (Fsp3) is 0.412. The number of hydroxylamine groups is 2. The molecule has 2 N–H and O–H groups in total. The van der Waals surface area contributed by atoms with E-state index in [1.165, 1.54) is 21.3 Å². The molecule has 2 bridgehead atoms. The van der Waals surface area contributed by atoms with Crippen LogP contribution in [0.1, 0.15) is 11.4 Å². The average Bonchev–Trinajstić information content (AvgIpc) is 3.28. The quantitative estimate of drug-likeness (QED) is 0.626. The zero-order valence-corrected chi connectivity index (χ0v) is 16.1. The van der Waals surface area contributed by atoms with Gasteiger partial charge in [0.1, 0.15) is 11.2 Å². The minimum absolute atomic E-state index is 0.00727. The molecule has 1 aromatic rings. The van der Waals surface area contributed by atoms with Gasteiger partial charge in [0.05, 0.1) is 19.2 Å². The maximum absolute atomic E-state index is 12.9. The molecule has 28 heavy (non-hydrogen) atoms. The number of thiazole rings is 1. The zero-order chi connectivity index (χ0) is 20.3. The Hall–Kier alpha value is -2.92. The number of carbonyl (C=O) groups excluding carboxylic acids is 2. The summed E-state index contributed by atoms with van der Waals surface area (Å²) in [5.41, 5.74) is 0.742. The van der Waals surface area contributed by atoms with Crippen LogP contribution in [-0.2, 0) is 9.63 Å². The van der Waals surface area contributed by atoms with E-state index in [-0.39, 0.29) is 37.6 Å². The first-order chi connectivity index (χ1) is 13.4. The molecule has 4 amide bonds. The lowest BCUT2D eigenvalue weighted by Gasteiger charge is -2.37. The van der Waals surface area contributed by atoms with Crippen molar-refractivity contribution in [3.8, 4) is 0 Å². The van der Waals surface area contributed by atoms with Gasteiger partial charge in [0.2, 0.25) is 5.91 Å². The molecule has 2 aliphatic rings. The monoisotopic (exact) mass is 407 g/mol. The third-order valence-corrected chi connectivity index (χ3v) is 5.27. The lowest BCUT2D eigenvalue weighted by atomic mass is 10.0. The van der Waals surface area contributed by atoms with E-state index in [1.807, 2.05) is 11.5 Å². The first kappa shape index (κ1) is 19.8. The van der Waals surface area contributed by atoms with E-state index in [0.29, 0.717) is 11.6 Å². The Bertz CT molecular complexity index is 796. The second-order valence-electron chi connectivity index (χ2n) is 6.23. The van der Waals surface area contributed by atoms with Gasteiger partial charge in [-0.2, -0.15) is 5.06 Å². The van der Waals surface area contributed by atoms with Gasteiger partial charge in [0.25, 0.3) is 0 Å². The van der Waals surface area contributed by atoms with Gasteiger partial charge in [-0.3, -0.25) is 14.5 Å². The van der Waals surface area contributed by atoms with Crippen LogP contribution in [0.5, 0.6) is 0 Å². The van der Waals surface area contributed by atoms with E-state index in [2.05, 4.69) is 16.9 Å². The number of nitrogens with zero attached hydrogens (tertiary/aromatic N) is 4. The number of urea groups is 1. The topological polar surface area (TPSA) is 115 Å². The molecule has 3 heterocycles. The minimum Gasteiger partial charge on any atom is -0.465 e. The van der Waals surface area contributed by atoms with E-state index < -0.39 is 12.3 Å². The maximum Gasteiger partial charge on any atom is 0.404 e. The fourth-order valence-corrected chi connectivity index (χ4v) is 3.93. The van der Waals surface area contributed by atoms with E-state index >= 15 is 0 Å². The van der Waals surface area contributed by atoms with Crippen LogP contribution in [0.15, 0.2) is 30.3 Å². The standard InChI is InChI=1S/C17H21N5O5S/c1-3-7-27-22-11-9-12(14-18-6-8-28-14)15(21(10-11)17(22)26)20(2)13(23)4-5-19-16(24)25/h3,6,8-9,11,15,19H,1,4-5,7,10H2,2H3,(H,24,25)/t11-,15+/m1/s1. The number of nitrogens with one attached hydrogen (secondary N) is 1. The molecule has 10 nitrogen and oxygen atoms in total. The molecule has 1 aromatic heterocycles. The molecule has 2 atom stereocenters. The van der Waals surface area contributed by atoms with Crippen molar-refractivity contribution in [2.45, 2.75) is 18.6 Å². The van der Waals surface area contributed by atoms with Crippen LogP contribution in [0.4, 0.5) is 9.59 Å². The first-order valence-electron chi connectivity index (χ1n) is 8.61. The Kier molecular flexibility index (Phi) is 5.95. The highest BCUT2D eigenvalue weighted by atomic mass is 32.1. The average molecular weight is 407 g/mol. The predicted molar refractivity (Wildman–Crippen MR) is 101 cm³/mol. The Morgan fingerprint density at radius 3 is 3.00 bits per heavy atom. The second-order valence-corrected chi connectivity index (χ2v) is 7.13. The molecule has 1 saturated heterocycles. The Morgan fingerprint density at radius 1 is 1.57 bits per heavy atom. The summed E-state index contributed by atoms with van der Waals surface area (Å²) in [6.45, 7) is 4.15. The molecule has 0 aliphatic carbocycles. The number of hydrogen-bond acceptors (Lipinski definition) is 6. The number of fused-ring (bicyclic) bond motifs is 2. The van der Waals surface area contributed by atoms with Crippen molar-refractivity contribution in [2.24, 2.45) is 0 Å². The van der Waals surface area contributed by atoms with Crippen LogP contribution in [-0.4, -0.2) is 81.9 Å². The van der Waals surface area contributed by atoms with Crippen LogP contribution >= 0.6 is 11.3 Å². The van der Waals surface area contributed by atoms with Gasteiger partial charge >= 0.3 is 12.1 Å². The number of carboxylic acid groups (broad SMARTS) is 1. The van der Waals surface area contributed by atoms with Gasteiger partial charge in [-0.05, 0) is 6.08 Å². The van der Waals surface area contributed by atoms with Crippen LogP contribution in [0.25, 0.3) is 5.57 Å². The Labute approximate surface area is 165 Å². The van der Waals surface area contributed by atoms with Crippen LogP contribution in [0.3, 0.4) is 0 Å². The summed E-state index contributed by atoms with van der Waals surface area (Å²) in [5.74, 6) is -0.294. The summed E-state index contributed by atoms with van der Waals surface area (Å²) in [6.07, 6.45) is 3.25. The van der Waals surface area contributed by atoms with Crippen LogP contribution in [0.2, 0.25) is 0 Å². The molecule has 0 radical (unpaired) electrons. The van der Waals surface area contributed by atoms with Gasteiger partial charge < -0.3 is 15.3 Å². The Morgan fingerprint density at radius 2 is 2.36 bits per heavy atom. The number of aromatic nitrogens is 1. The summed E-state index contributed by atoms with van der Waals surface area (Å²) < 4.78 is 0. The first-order valence-corrected chi connectivity index (χ1v) is 9.49. The molecule has 2 aliphatic heterocycles. The van der Waals surface area contributed by atoms with E-state index in [9.17, 15) is 14.4 Å². The fourth-order valence-electron chi connectivity index (χ4n) is 3.25. The van der Waals surface area contributed by atoms with Gasteiger partial charge in [-0.1, -0.05) is 6.08 Å². The normalized spacial score (nSPS) is 20.8. The number of carbonyl (C=O) groups is 3. The van der Waals surface area contributed by atoms with Gasteiger partial charge in [0.15, 0.2) is 0 Å². The summed E-state index contributed by atoms with van der Waals surface area (Å²) in [5, 5.41) is 14.7. The van der Waals surface area contributed by atoms with E-state index in [4.69, 9.17) is 9.94 Å². The molecule has 0 unspecified atom stereocenters. The van der Waals surface area contributed by atoms with Crippen molar-refractivity contribution in [2.75, 3.05) is 26.7 Å². The number of rotatable bonds is 8. The molecular weight excluding hydrogens is 386 g/mol. The third kappa shape index (κ3) is 3.85.